The van der Waals surface area contributed by atoms with Gasteiger partial charge in [0.25, 0.3) is 5.91 Å². The van der Waals surface area contributed by atoms with E-state index in [0.29, 0.717) is 38.4 Å². The number of aromatic nitrogens is 2. The zero-order valence-corrected chi connectivity index (χ0v) is 17.1. The smallest absolute Gasteiger partial charge is 0.343 e. The van der Waals surface area contributed by atoms with Crippen molar-refractivity contribution in [3.63, 3.8) is 0 Å². The number of carbonyl (C=O) groups is 1. The lowest BCUT2D eigenvalue weighted by Crippen LogP contribution is -2.48. The standard InChI is InChI=1S/C21H18F4N4OS/c22-17-7-1-14(2-8-17)13-18-26-20(31-27-18)29-11-9-28(10-12-29)19(30)15-3-5-16(6-4-15)21(23,24)25/h1-8H,9-13H2. The SMILES string of the molecule is O=C(c1ccc(C(F)(F)F)cc1)N1CCN(c2nc(Cc3ccc(F)cc3)ns2)CC1. The molecule has 0 aliphatic carbocycles. The number of hydrogen-bond acceptors (Lipinski definition) is 5. The average molecular weight is 450 g/mol. The first kappa shape index (κ1) is 21.2. The van der Waals surface area contributed by atoms with Gasteiger partial charge in [0.1, 0.15) is 11.6 Å². The fourth-order valence-corrected chi connectivity index (χ4v) is 4.05. The molecule has 1 aromatic heterocycles. The van der Waals surface area contributed by atoms with Crippen molar-refractivity contribution in [3.05, 3.63) is 76.9 Å². The van der Waals surface area contributed by atoms with Crippen LogP contribution in [0, 0.1) is 5.82 Å². The number of alkyl halides is 3. The van der Waals surface area contributed by atoms with E-state index in [1.165, 1.54) is 35.8 Å². The molecule has 0 atom stereocenters. The first-order chi connectivity index (χ1) is 14.8. The van der Waals surface area contributed by atoms with E-state index in [-0.39, 0.29) is 17.3 Å². The molecule has 0 radical (unpaired) electrons. The predicted octanol–water partition coefficient (Wildman–Crippen LogP) is 4.25. The summed E-state index contributed by atoms with van der Waals surface area (Å²) < 4.78 is 55.5. The van der Waals surface area contributed by atoms with E-state index in [9.17, 15) is 22.4 Å². The number of hydrogen-bond donors (Lipinski definition) is 0. The third-order valence-corrected chi connectivity index (χ3v) is 5.84. The maximum atomic E-state index is 13.0. The van der Waals surface area contributed by atoms with Crippen molar-refractivity contribution in [2.75, 3.05) is 31.1 Å². The quantitative estimate of drug-likeness (QED) is 0.558. The van der Waals surface area contributed by atoms with Gasteiger partial charge in [-0.2, -0.15) is 17.5 Å². The highest BCUT2D eigenvalue weighted by molar-refractivity contribution is 7.09. The molecule has 0 N–H and O–H groups in total. The van der Waals surface area contributed by atoms with Crippen molar-refractivity contribution >= 4 is 22.6 Å². The number of anilines is 1. The zero-order chi connectivity index (χ0) is 22.0. The Morgan fingerprint density at radius 3 is 2.23 bits per heavy atom. The second-order valence-corrected chi connectivity index (χ2v) is 7.88. The monoisotopic (exact) mass is 450 g/mol. The third kappa shape index (κ3) is 5.01. The molecule has 0 bridgehead atoms. The maximum Gasteiger partial charge on any atom is 0.416 e. The minimum absolute atomic E-state index is 0.235. The lowest BCUT2D eigenvalue weighted by atomic mass is 10.1. The van der Waals surface area contributed by atoms with Gasteiger partial charge >= 0.3 is 6.18 Å². The number of halogens is 4. The Hall–Kier alpha value is -3.01. The van der Waals surface area contributed by atoms with Crippen molar-refractivity contribution in [1.82, 2.24) is 14.3 Å². The van der Waals surface area contributed by atoms with Gasteiger partial charge in [-0.3, -0.25) is 4.79 Å². The molecule has 10 heteroatoms. The van der Waals surface area contributed by atoms with Crippen LogP contribution in [-0.2, 0) is 12.6 Å². The van der Waals surface area contributed by atoms with Crippen LogP contribution in [-0.4, -0.2) is 46.3 Å². The van der Waals surface area contributed by atoms with Gasteiger partial charge in [0.05, 0.1) is 5.56 Å². The molecule has 31 heavy (non-hydrogen) atoms. The van der Waals surface area contributed by atoms with Gasteiger partial charge in [-0.05, 0) is 42.0 Å². The Kier molecular flexibility index (Phi) is 5.90. The van der Waals surface area contributed by atoms with Crippen LogP contribution in [0.3, 0.4) is 0 Å². The van der Waals surface area contributed by atoms with Crippen LogP contribution < -0.4 is 4.90 Å². The molecule has 1 amide bonds. The predicted molar refractivity (Wildman–Crippen MR) is 109 cm³/mol. The molecule has 1 saturated heterocycles. The second-order valence-electron chi connectivity index (χ2n) is 7.15. The Labute approximate surface area is 180 Å². The molecule has 162 valence electrons. The van der Waals surface area contributed by atoms with E-state index in [1.807, 2.05) is 4.90 Å². The molecule has 1 aliphatic rings. The first-order valence-electron chi connectivity index (χ1n) is 9.58. The lowest BCUT2D eigenvalue weighted by Gasteiger charge is -2.34. The molecular formula is C21H18F4N4OS. The molecule has 0 unspecified atom stereocenters. The number of amides is 1. The minimum atomic E-state index is -4.43. The number of nitrogens with zero attached hydrogens (tertiary/aromatic N) is 4. The van der Waals surface area contributed by atoms with Crippen molar-refractivity contribution in [1.29, 1.82) is 0 Å². The van der Waals surface area contributed by atoms with E-state index in [4.69, 9.17) is 0 Å². The van der Waals surface area contributed by atoms with Gasteiger partial charge in [0.15, 0.2) is 0 Å². The van der Waals surface area contributed by atoms with Gasteiger partial charge in [-0.25, -0.2) is 9.37 Å². The van der Waals surface area contributed by atoms with Gasteiger partial charge in [-0.15, -0.1) is 0 Å². The summed E-state index contributed by atoms with van der Waals surface area (Å²) in [5, 5.41) is 0.749. The number of piperazine rings is 1. The molecule has 2 aromatic carbocycles. The molecule has 5 nitrogen and oxygen atoms in total. The number of carbonyl (C=O) groups excluding carboxylic acids is 1. The summed E-state index contributed by atoms with van der Waals surface area (Å²) in [6.07, 6.45) is -3.92. The van der Waals surface area contributed by atoms with Crippen LogP contribution in [0.15, 0.2) is 48.5 Å². The highest BCUT2D eigenvalue weighted by Crippen LogP contribution is 2.29. The molecule has 4 rings (SSSR count). The van der Waals surface area contributed by atoms with Crippen molar-refractivity contribution in [2.45, 2.75) is 12.6 Å². The van der Waals surface area contributed by atoms with E-state index >= 15 is 0 Å². The summed E-state index contributed by atoms with van der Waals surface area (Å²) in [4.78, 5) is 20.8. The van der Waals surface area contributed by atoms with Crippen LogP contribution in [0.25, 0.3) is 0 Å². The summed E-state index contributed by atoms with van der Waals surface area (Å²) in [6.45, 7) is 1.98. The number of benzene rings is 2. The average Bonchev–Trinajstić information content (AvgIpc) is 3.23. The molecule has 1 aliphatic heterocycles. The molecular weight excluding hydrogens is 432 g/mol. The maximum absolute atomic E-state index is 13.0. The Balaban J connectivity index is 1.34. The summed E-state index contributed by atoms with van der Waals surface area (Å²) >= 11 is 1.27. The third-order valence-electron chi connectivity index (χ3n) is 5.03. The molecule has 0 saturated carbocycles. The van der Waals surface area contributed by atoms with Crippen molar-refractivity contribution in [3.8, 4) is 0 Å². The lowest BCUT2D eigenvalue weighted by molar-refractivity contribution is -0.137. The topological polar surface area (TPSA) is 49.3 Å². The van der Waals surface area contributed by atoms with Crippen LogP contribution >= 0.6 is 11.5 Å². The summed E-state index contributed by atoms with van der Waals surface area (Å²) in [5.74, 6) is 0.0666. The van der Waals surface area contributed by atoms with E-state index in [0.717, 1.165) is 22.8 Å². The molecule has 2 heterocycles. The Morgan fingerprint density at radius 2 is 1.61 bits per heavy atom. The van der Waals surface area contributed by atoms with E-state index in [1.54, 1.807) is 17.0 Å². The van der Waals surface area contributed by atoms with Crippen molar-refractivity contribution in [2.24, 2.45) is 0 Å². The van der Waals surface area contributed by atoms with Gasteiger partial charge in [-0.1, -0.05) is 12.1 Å². The van der Waals surface area contributed by atoms with Gasteiger partial charge < -0.3 is 9.80 Å². The molecule has 1 fully saturated rings. The fraction of sp³-hybridized carbons (Fsp3) is 0.286. The highest BCUT2D eigenvalue weighted by Gasteiger charge is 2.31. The fourth-order valence-electron chi connectivity index (χ4n) is 3.32. The van der Waals surface area contributed by atoms with Crippen LogP contribution in [0.4, 0.5) is 22.7 Å². The van der Waals surface area contributed by atoms with E-state index in [2.05, 4.69) is 9.36 Å². The first-order valence-corrected chi connectivity index (χ1v) is 10.4. The van der Waals surface area contributed by atoms with Crippen LogP contribution in [0.1, 0.15) is 27.3 Å². The Bertz CT molecular complexity index is 1040. The highest BCUT2D eigenvalue weighted by atomic mass is 32.1. The molecule has 0 spiro atoms. The summed E-state index contributed by atoms with van der Waals surface area (Å²) in [7, 11) is 0. The summed E-state index contributed by atoms with van der Waals surface area (Å²) in [5.41, 5.74) is 0.373. The number of rotatable bonds is 4. The van der Waals surface area contributed by atoms with Gasteiger partial charge in [0, 0.05) is 49.7 Å². The summed E-state index contributed by atoms with van der Waals surface area (Å²) in [6, 6.07) is 10.5. The van der Waals surface area contributed by atoms with E-state index < -0.39 is 11.7 Å². The second kappa shape index (κ2) is 8.62. The normalized spacial score (nSPS) is 14.7. The van der Waals surface area contributed by atoms with Gasteiger partial charge in [0.2, 0.25) is 5.13 Å². The van der Waals surface area contributed by atoms with Crippen LogP contribution in [0.5, 0.6) is 0 Å². The largest absolute Gasteiger partial charge is 0.416 e. The Morgan fingerprint density at radius 1 is 0.968 bits per heavy atom. The van der Waals surface area contributed by atoms with Crippen LogP contribution in [0.2, 0.25) is 0 Å². The minimum Gasteiger partial charge on any atom is -0.343 e. The zero-order valence-electron chi connectivity index (χ0n) is 16.3. The van der Waals surface area contributed by atoms with Crippen molar-refractivity contribution < 1.29 is 22.4 Å². The molecule has 3 aromatic rings.